The predicted molar refractivity (Wildman–Crippen MR) is 43.1 cm³/mol. The highest BCUT2D eigenvalue weighted by atomic mass is 31.0. The maximum absolute atomic E-state index is 10.7. The van der Waals surface area contributed by atoms with Crippen LogP contribution in [0.2, 0.25) is 0 Å². The predicted octanol–water partition coefficient (Wildman–Crippen LogP) is 1.40. The monoisotopic (exact) mass is 163 g/mol. The highest BCUT2D eigenvalue weighted by Gasteiger charge is 1.97. The van der Waals surface area contributed by atoms with Crippen molar-refractivity contribution < 1.29 is 9.42 Å². The van der Waals surface area contributed by atoms with E-state index in [0.29, 0.717) is 6.42 Å². The largest absolute Gasteiger partial charge is 0.273 e. The fourth-order valence-electron chi connectivity index (χ4n) is 0.652. The third-order valence-electron chi connectivity index (χ3n) is 1.18. The average Bonchev–Trinajstić information content (AvgIpc) is 1.89. The van der Waals surface area contributed by atoms with Crippen LogP contribution in [0.4, 0.5) is 0 Å². The van der Waals surface area contributed by atoms with E-state index in [2.05, 4.69) is 17.0 Å². The van der Waals surface area contributed by atoms with Gasteiger partial charge >= 0.3 is 0 Å². The van der Waals surface area contributed by atoms with E-state index in [1.165, 1.54) is 0 Å². The van der Waals surface area contributed by atoms with Gasteiger partial charge in [0.2, 0.25) is 5.91 Å². The summed E-state index contributed by atoms with van der Waals surface area (Å²) in [5.74, 6) is -0.0524. The summed E-state index contributed by atoms with van der Waals surface area (Å²) >= 11 is 0. The number of unbranched alkanes of at least 4 members (excludes halogenated alkanes) is 2. The first-order chi connectivity index (χ1) is 4.81. The Morgan fingerprint density at radius 2 is 2.30 bits per heavy atom. The molecule has 1 atom stereocenters. The Balaban J connectivity index is 3.05. The first-order valence-electron chi connectivity index (χ1n) is 3.45. The van der Waals surface area contributed by atoms with E-state index < -0.39 is 0 Å². The smallest absolute Gasteiger partial charge is 0.243 e. The molecule has 1 unspecified atom stereocenters. The van der Waals surface area contributed by atoms with Crippen LogP contribution in [-0.4, -0.2) is 5.91 Å². The summed E-state index contributed by atoms with van der Waals surface area (Å²) in [6, 6.07) is 0. The van der Waals surface area contributed by atoms with Gasteiger partial charge in [-0.1, -0.05) is 19.8 Å². The third-order valence-corrected chi connectivity index (χ3v) is 1.30. The van der Waals surface area contributed by atoms with Gasteiger partial charge < -0.3 is 0 Å². The van der Waals surface area contributed by atoms with E-state index in [-0.39, 0.29) is 5.91 Å². The van der Waals surface area contributed by atoms with Crippen LogP contribution < -0.4 is 5.48 Å². The lowest BCUT2D eigenvalue weighted by molar-refractivity contribution is -0.127. The zero-order chi connectivity index (χ0) is 7.82. The number of carbonyl (C=O) groups is 1. The number of rotatable bonds is 5. The molecule has 0 aromatic heterocycles. The van der Waals surface area contributed by atoms with Crippen molar-refractivity contribution in [2.24, 2.45) is 0 Å². The van der Waals surface area contributed by atoms with Crippen molar-refractivity contribution in [3.8, 4) is 0 Å². The van der Waals surface area contributed by atoms with Crippen molar-refractivity contribution in [2.45, 2.75) is 32.6 Å². The minimum absolute atomic E-state index is 0.0524. The molecule has 60 valence electrons. The molecule has 1 N–H and O–H groups in total. The second-order valence-electron chi connectivity index (χ2n) is 2.10. The van der Waals surface area contributed by atoms with E-state index in [1.807, 2.05) is 9.47 Å². The zero-order valence-electron chi connectivity index (χ0n) is 6.22. The maximum Gasteiger partial charge on any atom is 0.243 e. The van der Waals surface area contributed by atoms with E-state index in [1.54, 1.807) is 0 Å². The van der Waals surface area contributed by atoms with Gasteiger partial charge in [0.05, 0.1) is 0 Å². The number of carbonyl (C=O) groups excluding carboxylic acids is 1. The average molecular weight is 163 g/mol. The van der Waals surface area contributed by atoms with Crippen molar-refractivity contribution in [3.05, 3.63) is 0 Å². The highest BCUT2D eigenvalue weighted by molar-refractivity contribution is 7.09. The lowest BCUT2D eigenvalue weighted by Gasteiger charge is -1.99. The molecule has 1 amide bonds. The van der Waals surface area contributed by atoms with Crippen molar-refractivity contribution in [1.82, 2.24) is 5.48 Å². The lowest BCUT2D eigenvalue weighted by Crippen LogP contribution is -2.18. The van der Waals surface area contributed by atoms with Crippen LogP contribution in [0.25, 0.3) is 0 Å². The van der Waals surface area contributed by atoms with Crippen LogP contribution in [-0.2, 0) is 9.42 Å². The van der Waals surface area contributed by atoms with Gasteiger partial charge in [-0.3, -0.25) is 9.42 Å². The third kappa shape index (κ3) is 5.99. The van der Waals surface area contributed by atoms with Crippen LogP contribution in [0.3, 0.4) is 0 Å². The van der Waals surface area contributed by atoms with Gasteiger partial charge in [0, 0.05) is 15.9 Å². The van der Waals surface area contributed by atoms with Gasteiger partial charge in [0.15, 0.2) is 0 Å². The molecule has 0 aromatic rings. The molecule has 0 heterocycles. The summed E-state index contributed by atoms with van der Waals surface area (Å²) in [5, 5.41) is 0. The number of amides is 1. The first kappa shape index (κ1) is 9.86. The molecule has 0 rings (SSSR count). The van der Waals surface area contributed by atoms with Gasteiger partial charge in [-0.25, -0.2) is 5.48 Å². The van der Waals surface area contributed by atoms with Crippen LogP contribution in [0, 0.1) is 0 Å². The molecule has 0 fully saturated rings. The number of nitrogens with one attached hydrogen (secondary N) is 1. The fourth-order valence-corrected chi connectivity index (χ4v) is 0.784. The van der Waals surface area contributed by atoms with E-state index >= 15 is 0 Å². The van der Waals surface area contributed by atoms with Gasteiger partial charge in [-0.05, 0) is 6.42 Å². The van der Waals surface area contributed by atoms with Gasteiger partial charge in [0.1, 0.15) is 0 Å². The minimum Gasteiger partial charge on any atom is -0.273 e. The van der Waals surface area contributed by atoms with Crippen LogP contribution >= 0.6 is 9.47 Å². The molecule has 0 aromatic carbocycles. The molecule has 0 radical (unpaired) electrons. The Kier molecular flexibility index (Phi) is 6.88. The molecule has 0 spiro atoms. The van der Waals surface area contributed by atoms with Crippen molar-refractivity contribution in [2.75, 3.05) is 0 Å². The summed E-state index contributed by atoms with van der Waals surface area (Å²) in [7, 11) is 1.97. The molecule has 0 bridgehead atoms. The zero-order valence-corrected chi connectivity index (χ0v) is 7.38. The maximum atomic E-state index is 10.7. The topological polar surface area (TPSA) is 38.3 Å². The molecular formula is C6H14NO2P. The highest BCUT2D eigenvalue weighted by Crippen LogP contribution is 1.98. The van der Waals surface area contributed by atoms with Crippen molar-refractivity contribution in [1.29, 1.82) is 0 Å². The number of hydroxylamine groups is 1. The number of hydrogen-bond donors (Lipinski definition) is 1. The summed E-state index contributed by atoms with van der Waals surface area (Å²) < 4.78 is 4.35. The Hall–Kier alpha value is -0.140. The molecule has 3 nitrogen and oxygen atoms in total. The Labute approximate surface area is 63.8 Å². The normalized spacial score (nSPS) is 9.40. The molecule has 0 saturated carbocycles. The van der Waals surface area contributed by atoms with Crippen molar-refractivity contribution in [3.63, 3.8) is 0 Å². The van der Waals surface area contributed by atoms with E-state index in [9.17, 15) is 4.79 Å². The SMILES string of the molecule is CCCCCC(=O)NOP. The Morgan fingerprint density at radius 3 is 2.80 bits per heavy atom. The second-order valence-corrected chi connectivity index (χ2v) is 2.34. The quantitative estimate of drug-likeness (QED) is 0.378. The van der Waals surface area contributed by atoms with Gasteiger partial charge in [0.25, 0.3) is 0 Å². The molecule has 0 saturated heterocycles. The summed E-state index contributed by atoms with van der Waals surface area (Å²) in [6.07, 6.45) is 3.73. The molecule has 4 heteroatoms. The molecule has 0 aliphatic rings. The molecule has 0 aliphatic heterocycles. The van der Waals surface area contributed by atoms with Crippen molar-refractivity contribution >= 4 is 15.4 Å². The van der Waals surface area contributed by atoms with Crippen LogP contribution in [0.15, 0.2) is 0 Å². The summed E-state index contributed by atoms with van der Waals surface area (Å²) in [6.45, 7) is 2.10. The van der Waals surface area contributed by atoms with E-state index in [0.717, 1.165) is 19.3 Å². The van der Waals surface area contributed by atoms with Gasteiger partial charge in [-0.15, -0.1) is 0 Å². The standard InChI is InChI=1S/C6H14NO2P/c1-2-3-4-5-6(8)7-9-10/h2-5,10H2,1H3,(H,7,8). The Morgan fingerprint density at radius 1 is 1.60 bits per heavy atom. The Bertz CT molecular complexity index is 97.7. The fraction of sp³-hybridized carbons (Fsp3) is 0.833. The van der Waals surface area contributed by atoms with E-state index in [4.69, 9.17) is 0 Å². The first-order valence-corrected chi connectivity index (χ1v) is 3.93. The van der Waals surface area contributed by atoms with Gasteiger partial charge in [-0.2, -0.15) is 0 Å². The number of hydrogen-bond acceptors (Lipinski definition) is 2. The minimum atomic E-state index is -0.0524. The van der Waals surface area contributed by atoms with Crippen LogP contribution in [0.5, 0.6) is 0 Å². The second kappa shape index (κ2) is 6.97. The molecule has 10 heavy (non-hydrogen) atoms. The van der Waals surface area contributed by atoms with Crippen LogP contribution in [0.1, 0.15) is 32.6 Å². The lowest BCUT2D eigenvalue weighted by atomic mass is 10.2. The molecule has 0 aliphatic carbocycles. The summed E-state index contributed by atoms with van der Waals surface area (Å²) in [5.41, 5.74) is 2.23. The molecular weight excluding hydrogens is 149 g/mol. The summed E-state index contributed by atoms with van der Waals surface area (Å²) in [4.78, 5) is 10.7.